The van der Waals surface area contributed by atoms with Gasteiger partial charge in [0.2, 0.25) is 0 Å². The Bertz CT molecular complexity index is 487. The minimum atomic E-state index is 0.125. The molecule has 1 unspecified atom stereocenters. The van der Waals surface area contributed by atoms with Crippen LogP contribution in [-0.2, 0) is 0 Å². The molecule has 2 nitrogen and oxygen atoms in total. The van der Waals surface area contributed by atoms with Gasteiger partial charge in [-0.2, -0.15) is 0 Å². The van der Waals surface area contributed by atoms with Crippen molar-refractivity contribution in [3.63, 3.8) is 0 Å². The van der Waals surface area contributed by atoms with Crippen LogP contribution in [0.5, 0.6) is 0 Å². The van der Waals surface area contributed by atoms with E-state index in [2.05, 4.69) is 69.2 Å². The highest BCUT2D eigenvalue weighted by Crippen LogP contribution is 2.22. The summed E-state index contributed by atoms with van der Waals surface area (Å²) in [5.74, 6) is 0. The van der Waals surface area contributed by atoms with Gasteiger partial charge in [0.1, 0.15) is 0 Å². The molecule has 0 aliphatic rings. The van der Waals surface area contributed by atoms with Gasteiger partial charge in [0.15, 0.2) is 0 Å². The van der Waals surface area contributed by atoms with Crippen molar-refractivity contribution < 1.29 is 0 Å². The maximum Gasteiger partial charge on any atom is 0.0403 e. The number of nitrogens with one attached hydrogen (secondary N) is 1. The minimum Gasteiger partial charge on any atom is -0.306 e. The summed E-state index contributed by atoms with van der Waals surface area (Å²) in [5.41, 5.74) is 4.97. The van der Waals surface area contributed by atoms with Crippen LogP contribution in [0.15, 0.2) is 35.0 Å². The van der Waals surface area contributed by atoms with E-state index < -0.39 is 0 Å². The van der Waals surface area contributed by atoms with E-state index in [1.807, 2.05) is 20.1 Å². The fraction of sp³-hybridized carbons (Fsp3) is 0.500. The quantitative estimate of drug-likeness (QED) is 0.768. The third kappa shape index (κ3) is 4.93. The van der Waals surface area contributed by atoms with Crippen LogP contribution >= 0.6 is 0 Å². The van der Waals surface area contributed by atoms with Gasteiger partial charge >= 0.3 is 0 Å². The topological polar surface area (TPSA) is 24.4 Å². The van der Waals surface area contributed by atoms with E-state index in [-0.39, 0.29) is 5.54 Å². The zero-order valence-electron chi connectivity index (χ0n) is 13.9. The van der Waals surface area contributed by atoms with Crippen molar-refractivity contribution in [2.24, 2.45) is 4.99 Å². The van der Waals surface area contributed by atoms with E-state index in [0.717, 1.165) is 5.70 Å². The number of nitrogens with zero attached hydrogens (tertiary/aromatic N) is 1. The number of hydrogen-bond acceptors (Lipinski definition) is 2. The van der Waals surface area contributed by atoms with E-state index >= 15 is 0 Å². The molecule has 1 aromatic rings. The molecule has 1 atom stereocenters. The Balaban J connectivity index is 2.92. The third-order valence-corrected chi connectivity index (χ3v) is 3.36. The summed E-state index contributed by atoms with van der Waals surface area (Å²) in [6.45, 7) is 14.9. The molecule has 0 radical (unpaired) electrons. The number of allylic oxidation sites excluding steroid dienone is 2. The summed E-state index contributed by atoms with van der Waals surface area (Å²) in [7, 11) is 0. The normalized spacial score (nSPS) is 15.3. The van der Waals surface area contributed by atoms with Gasteiger partial charge in [0.05, 0.1) is 0 Å². The van der Waals surface area contributed by atoms with Crippen molar-refractivity contribution in [1.82, 2.24) is 5.32 Å². The SMILES string of the molecule is CC=N/C(C)=C(\C)c1ccc(C(C)NC(C)(C)C)cc1. The highest BCUT2D eigenvalue weighted by atomic mass is 15.0. The van der Waals surface area contributed by atoms with E-state index in [1.54, 1.807) is 0 Å². The number of aliphatic imine (C=N–C) groups is 1. The van der Waals surface area contributed by atoms with Crippen molar-refractivity contribution in [2.45, 2.75) is 60.0 Å². The van der Waals surface area contributed by atoms with Gasteiger partial charge in [0, 0.05) is 23.5 Å². The Kier molecular flexibility index (Phi) is 5.70. The first-order valence-electron chi connectivity index (χ1n) is 7.29. The lowest BCUT2D eigenvalue weighted by molar-refractivity contribution is 0.378. The molecular weight excluding hydrogens is 244 g/mol. The summed E-state index contributed by atoms with van der Waals surface area (Å²) in [6.07, 6.45) is 1.84. The number of rotatable bonds is 4. The third-order valence-electron chi connectivity index (χ3n) is 3.36. The molecule has 0 fully saturated rings. The zero-order valence-corrected chi connectivity index (χ0v) is 13.9. The van der Waals surface area contributed by atoms with Crippen molar-refractivity contribution in [1.29, 1.82) is 0 Å². The van der Waals surface area contributed by atoms with Gasteiger partial charge in [0.25, 0.3) is 0 Å². The second-order valence-electron chi connectivity index (χ2n) is 6.34. The predicted molar refractivity (Wildman–Crippen MR) is 90.2 cm³/mol. The zero-order chi connectivity index (χ0) is 15.3. The number of benzene rings is 1. The maximum atomic E-state index is 4.35. The Morgan fingerprint density at radius 1 is 1.15 bits per heavy atom. The van der Waals surface area contributed by atoms with Crippen LogP contribution in [0.25, 0.3) is 5.57 Å². The van der Waals surface area contributed by atoms with Crippen molar-refractivity contribution in [2.75, 3.05) is 0 Å². The second-order valence-corrected chi connectivity index (χ2v) is 6.34. The van der Waals surface area contributed by atoms with Crippen LogP contribution in [-0.4, -0.2) is 11.8 Å². The van der Waals surface area contributed by atoms with E-state index in [4.69, 9.17) is 0 Å². The van der Waals surface area contributed by atoms with E-state index in [9.17, 15) is 0 Å². The molecule has 0 bridgehead atoms. The van der Waals surface area contributed by atoms with E-state index in [1.165, 1.54) is 16.7 Å². The molecule has 1 N–H and O–H groups in total. The summed E-state index contributed by atoms with van der Waals surface area (Å²) in [6, 6.07) is 9.11. The standard InChI is InChI=1S/C18H28N2/c1-8-19-14(3)13(2)16-9-11-17(12-10-16)15(4)20-18(5,6)7/h8-12,15,20H,1-7H3/b14-13+,19-8?. The smallest absolute Gasteiger partial charge is 0.0403 e. The number of hydrogen-bond donors (Lipinski definition) is 1. The molecule has 0 aromatic heterocycles. The average Bonchev–Trinajstić information content (AvgIpc) is 2.36. The fourth-order valence-corrected chi connectivity index (χ4v) is 2.25. The lowest BCUT2D eigenvalue weighted by Crippen LogP contribution is -2.37. The van der Waals surface area contributed by atoms with Gasteiger partial charge in [-0.3, -0.25) is 4.99 Å². The maximum absolute atomic E-state index is 4.35. The van der Waals surface area contributed by atoms with Crippen molar-refractivity contribution in [3.8, 4) is 0 Å². The van der Waals surface area contributed by atoms with Crippen molar-refractivity contribution >= 4 is 11.8 Å². The first-order valence-corrected chi connectivity index (χ1v) is 7.29. The van der Waals surface area contributed by atoms with Gasteiger partial charge in [-0.25, -0.2) is 0 Å². The molecule has 2 heteroatoms. The Labute approximate surface area is 124 Å². The summed E-state index contributed by atoms with van der Waals surface area (Å²) >= 11 is 0. The lowest BCUT2D eigenvalue weighted by atomic mass is 9.99. The molecule has 20 heavy (non-hydrogen) atoms. The molecule has 110 valence electrons. The highest BCUT2D eigenvalue weighted by molar-refractivity contribution is 5.69. The van der Waals surface area contributed by atoms with Crippen LogP contribution in [0, 0.1) is 0 Å². The van der Waals surface area contributed by atoms with Crippen LogP contribution in [0.3, 0.4) is 0 Å². The Hall–Kier alpha value is -1.41. The van der Waals surface area contributed by atoms with Gasteiger partial charge in [-0.05, 0) is 65.2 Å². The van der Waals surface area contributed by atoms with Crippen LogP contribution in [0.1, 0.15) is 65.6 Å². The monoisotopic (exact) mass is 272 g/mol. The average molecular weight is 272 g/mol. The fourth-order valence-electron chi connectivity index (χ4n) is 2.25. The summed E-state index contributed by atoms with van der Waals surface area (Å²) in [4.78, 5) is 4.35. The molecule has 1 aromatic carbocycles. The molecule has 0 saturated heterocycles. The van der Waals surface area contributed by atoms with Crippen molar-refractivity contribution in [3.05, 3.63) is 41.1 Å². The predicted octanol–water partition coefficient (Wildman–Crippen LogP) is 4.98. The Morgan fingerprint density at radius 3 is 2.15 bits per heavy atom. The van der Waals surface area contributed by atoms with Crippen LogP contribution < -0.4 is 5.32 Å². The first-order chi connectivity index (χ1) is 9.24. The molecule has 0 aliphatic heterocycles. The largest absolute Gasteiger partial charge is 0.306 e. The van der Waals surface area contributed by atoms with Crippen LogP contribution in [0.2, 0.25) is 0 Å². The molecule has 0 aliphatic carbocycles. The summed E-state index contributed by atoms with van der Waals surface area (Å²) in [5, 5.41) is 3.59. The lowest BCUT2D eigenvalue weighted by Gasteiger charge is -2.26. The van der Waals surface area contributed by atoms with Gasteiger partial charge < -0.3 is 5.32 Å². The first kappa shape index (κ1) is 16.6. The Morgan fingerprint density at radius 2 is 1.70 bits per heavy atom. The molecular formula is C18H28N2. The summed E-state index contributed by atoms with van der Waals surface area (Å²) < 4.78 is 0. The van der Waals surface area contributed by atoms with Crippen LogP contribution in [0.4, 0.5) is 0 Å². The second kappa shape index (κ2) is 6.85. The molecule has 0 amide bonds. The molecule has 1 rings (SSSR count). The van der Waals surface area contributed by atoms with Gasteiger partial charge in [-0.1, -0.05) is 24.3 Å². The molecule has 0 heterocycles. The van der Waals surface area contributed by atoms with E-state index in [0.29, 0.717) is 6.04 Å². The molecule has 0 spiro atoms. The highest BCUT2D eigenvalue weighted by Gasteiger charge is 2.14. The minimum absolute atomic E-state index is 0.125. The molecule has 0 saturated carbocycles. The van der Waals surface area contributed by atoms with Gasteiger partial charge in [-0.15, -0.1) is 0 Å².